The first-order valence-corrected chi connectivity index (χ1v) is 8.38. The zero-order valence-electron chi connectivity index (χ0n) is 14.3. The van der Waals surface area contributed by atoms with Crippen LogP contribution in [0.1, 0.15) is 25.8 Å². The number of carbonyl (C=O) groups excluding carboxylic acids is 2. The molecule has 1 fully saturated rings. The van der Waals surface area contributed by atoms with Gasteiger partial charge >= 0.3 is 0 Å². The van der Waals surface area contributed by atoms with Crippen LogP contribution in [-0.4, -0.2) is 49.1 Å². The molecule has 2 amide bonds. The molecule has 0 aliphatic carbocycles. The number of amides is 2. The lowest BCUT2D eigenvalue weighted by atomic mass is 10.00. The lowest BCUT2D eigenvalue weighted by Gasteiger charge is -2.29. The summed E-state index contributed by atoms with van der Waals surface area (Å²) in [7, 11) is 0. The van der Waals surface area contributed by atoms with Crippen LogP contribution in [0.5, 0.6) is 0 Å². The molecule has 5 nitrogen and oxygen atoms in total. The predicted molar refractivity (Wildman–Crippen MR) is 88.9 cm³/mol. The molecule has 1 N–H and O–H groups in total. The quantitative estimate of drug-likeness (QED) is 0.861. The highest BCUT2D eigenvalue weighted by atomic mass is 19.1. The van der Waals surface area contributed by atoms with Gasteiger partial charge in [-0.3, -0.25) is 9.59 Å². The molecule has 1 aliphatic heterocycles. The maximum Gasteiger partial charge on any atom is 0.245 e. The van der Waals surface area contributed by atoms with Gasteiger partial charge < -0.3 is 15.0 Å². The number of ether oxygens (including phenoxy) is 1. The number of benzene rings is 1. The summed E-state index contributed by atoms with van der Waals surface area (Å²) < 4.78 is 18.4. The van der Waals surface area contributed by atoms with Gasteiger partial charge in [0.1, 0.15) is 11.9 Å². The largest absolute Gasteiger partial charge is 0.378 e. The van der Waals surface area contributed by atoms with E-state index in [0.29, 0.717) is 39.1 Å². The monoisotopic (exact) mass is 336 g/mol. The van der Waals surface area contributed by atoms with E-state index < -0.39 is 6.04 Å². The third-order valence-electron chi connectivity index (χ3n) is 4.25. The summed E-state index contributed by atoms with van der Waals surface area (Å²) in [5.41, 5.74) is 0.868. The average molecular weight is 336 g/mol. The van der Waals surface area contributed by atoms with Gasteiger partial charge in [-0.1, -0.05) is 19.1 Å². The minimum absolute atomic E-state index is 0.0796. The highest BCUT2D eigenvalue weighted by Crippen LogP contribution is 2.12. The van der Waals surface area contributed by atoms with E-state index in [0.717, 1.165) is 5.56 Å². The molecule has 1 aliphatic rings. The molecule has 0 saturated carbocycles. The van der Waals surface area contributed by atoms with Crippen LogP contribution in [0.2, 0.25) is 0 Å². The molecule has 1 saturated heterocycles. The topological polar surface area (TPSA) is 58.6 Å². The van der Waals surface area contributed by atoms with Gasteiger partial charge in [0.2, 0.25) is 11.8 Å². The lowest BCUT2D eigenvalue weighted by molar-refractivity contribution is -0.140. The maximum absolute atomic E-state index is 13.2. The molecule has 132 valence electrons. The van der Waals surface area contributed by atoms with Crippen molar-refractivity contribution >= 4 is 11.8 Å². The normalized spacial score (nSPS) is 17.2. The van der Waals surface area contributed by atoms with E-state index in [1.54, 1.807) is 17.9 Å². The fourth-order valence-electron chi connectivity index (χ4n) is 2.68. The molecule has 0 radical (unpaired) electrons. The van der Waals surface area contributed by atoms with Crippen LogP contribution in [0.4, 0.5) is 4.39 Å². The van der Waals surface area contributed by atoms with Crippen molar-refractivity contribution in [1.29, 1.82) is 0 Å². The molecule has 0 unspecified atom stereocenters. The summed E-state index contributed by atoms with van der Waals surface area (Å²) in [6.45, 7) is 5.73. The molecule has 0 bridgehead atoms. The van der Waals surface area contributed by atoms with E-state index in [4.69, 9.17) is 4.74 Å². The van der Waals surface area contributed by atoms with Gasteiger partial charge in [0.05, 0.1) is 13.2 Å². The number of hydrogen-bond acceptors (Lipinski definition) is 3. The Bertz CT molecular complexity index is 573. The summed E-state index contributed by atoms with van der Waals surface area (Å²) >= 11 is 0. The van der Waals surface area contributed by atoms with Gasteiger partial charge in [-0.15, -0.1) is 0 Å². The number of carbonyl (C=O) groups is 2. The highest BCUT2D eigenvalue weighted by molar-refractivity contribution is 5.88. The standard InChI is InChI=1S/C18H25FN2O3/c1-13(6-7-15-4-3-5-16(19)12-15)17(22)20-14(2)18(23)21-8-10-24-11-9-21/h3-5,12-14H,6-11H2,1-2H3,(H,20,22)/t13-,14-/m0/s1. The molecule has 2 atom stereocenters. The van der Waals surface area contributed by atoms with Crippen molar-refractivity contribution in [2.45, 2.75) is 32.7 Å². The van der Waals surface area contributed by atoms with Crippen LogP contribution in [0, 0.1) is 11.7 Å². The lowest BCUT2D eigenvalue weighted by Crippen LogP contribution is -2.51. The fraction of sp³-hybridized carbons (Fsp3) is 0.556. The van der Waals surface area contributed by atoms with E-state index in [1.807, 2.05) is 13.0 Å². The molecule has 0 aromatic heterocycles. The van der Waals surface area contributed by atoms with Crippen molar-refractivity contribution in [3.05, 3.63) is 35.6 Å². The van der Waals surface area contributed by atoms with Crippen LogP contribution in [-0.2, 0) is 20.7 Å². The number of nitrogens with zero attached hydrogens (tertiary/aromatic N) is 1. The Morgan fingerprint density at radius 3 is 2.67 bits per heavy atom. The molecule has 1 aromatic rings. The number of morpholine rings is 1. The van der Waals surface area contributed by atoms with Crippen molar-refractivity contribution in [2.75, 3.05) is 26.3 Å². The Balaban J connectivity index is 1.78. The molecule has 6 heteroatoms. The van der Waals surface area contributed by atoms with E-state index in [9.17, 15) is 14.0 Å². The number of aryl methyl sites for hydroxylation is 1. The molecule has 2 rings (SSSR count). The van der Waals surface area contributed by atoms with E-state index in [1.165, 1.54) is 12.1 Å². The molecule has 24 heavy (non-hydrogen) atoms. The van der Waals surface area contributed by atoms with Crippen molar-refractivity contribution < 1.29 is 18.7 Å². The van der Waals surface area contributed by atoms with Crippen LogP contribution in [0.3, 0.4) is 0 Å². The second kappa shape index (κ2) is 8.78. The van der Waals surface area contributed by atoms with Crippen LogP contribution in [0.15, 0.2) is 24.3 Å². The number of hydrogen-bond donors (Lipinski definition) is 1. The van der Waals surface area contributed by atoms with Crippen LogP contribution < -0.4 is 5.32 Å². The number of nitrogens with one attached hydrogen (secondary N) is 1. The number of halogens is 1. The van der Waals surface area contributed by atoms with Gasteiger partial charge in [0.15, 0.2) is 0 Å². The van der Waals surface area contributed by atoms with Crippen molar-refractivity contribution in [3.63, 3.8) is 0 Å². The van der Waals surface area contributed by atoms with E-state index >= 15 is 0 Å². The second-order valence-electron chi connectivity index (χ2n) is 6.24. The minimum Gasteiger partial charge on any atom is -0.378 e. The van der Waals surface area contributed by atoms with Gasteiger partial charge in [-0.2, -0.15) is 0 Å². The molecular formula is C18H25FN2O3. The van der Waals surface area contributed by atoms with Gasteiger partial charge in [0, 0.05) is 19.0 Å². The first-order valence-electron chi connectivity index (χ1n) is 8.38. The second-order valence-corrected chi connectivity index (χ2v) is 6.24. The van der Waals surface area contributed by atoms with Gasteiger partial charge in [-0.25, -0.2) is 4.39 Å². The molecule has 1 heterocycles. The fourth-order valence-corrected chi connectivity index (χ4v) is 2.68. The zero-order valence-corrected chi connectivity index (χ0v) is 14.3. The first kappa shape index (κ1) is 18.4. The van der Waals surface area contributed by atoms with Crippen molar-refractivity contribution in [1.82, 2.24) is 10.2 Å². The molecular weight excluding hydrogens is 311 g/mol. The summed E-state index contributed by atoms with van der Waals surface area (Å²) in [4.78, 5) is 26.2. The predicted octanol–water partition coefficient (Wildman–Crippen LogP) is 1.76. The van der Waals surface area contributed by atoms with Crippen LogP contribution >= 0.6 is 0 Å². The zero-order chi connectivity index (χ0) is 17.5. The third-order valence-corrected chi connectivity index (χ3v) is 4.25. The first-order chi connectivity index (χ1) is 11.5. The van der Waals surface area contributed by atoms with Crippen molar-refractivity contribution in [2.24, 2.45) is 5.92 Å². The maximum atomic E-state index is 13.2. The van der Waals surface area contributed by atoms with Crippen molar-refractivity contribution in [3.8, 4) is 0 Å². The molecule has 1 aromatic carbocycles. The summed E-state index contributed by atoms with van der Waals surface area (Å²) in [5, 5.41) is 2.78. The Morgan fingerprint density at radius 1 is 1.29 bits per heavy atom. The summed E-state index contributed by atoms with van der Waals surface area (Å²) in [6, 6.07) is 5.84. The molecule has 0 spiro atoms. The number of rotatable bonds is 6. The Hall–Kier alpha value is -1.95. The highest BCUT2D eigenvalue weighted by Gasteiger charge is 2.25. The SMILES string of the molecule is C[C@H](NC(=O)[C@@H](C)CCc1cccc(F)c1)C(=O)N1CCOCC1. The summed E-state index contributed by atoms with van der Waals surface area (Å²) in [5.74, 6) is -0.743. The Labute approximate surface area is 142 Å². The Kier molecular flexibility index (Phi) is 6.73. The third kappa shape index (κ3) is 5.30. The smallest absolute Gasteiger partial charge is 0.245 e. The summed E-state index contributed by atoms with van der Waals surface area (Å²) in [6.07, 6.45) is 1.23. The van der Waals surface area contributed by atoms with Gasteiger partial charge in [-0.05, 0) is 37.5 Å². The average Bonchev–Trinajstić information content (AvgIpc) is 2.59. The minimum atomic E-state index is -0.549. The van der Waals surface area contributed by atoms with E-state index in [-0.39, 0.29) is 23.5 Å². The Morgan fingerprint density at radius 2 is 2.00 bits per heavy atom. The van der Waals surface area contributed by atoms with Crippen LogP contribution in [0.25, 0.3) is 0 Å². The van der Waals surface area contributed by atoms with E-state index in [2.05, 4.69) is 5.32 Å². The van der Waals surface area contributed by atoms with Gasteiger partial charge in [0.25, 0.3) is 0 Å².